The van der Waals surface area contributed by atoms with Crippen molar-refractivity contribution in [3.63, 3.8) is 0 Å². The molecule has 0 saturated heterocycles. The van der Waals surface area contributed by atoms with Crippen molar-refractivity contribution >= 4 is 5.57 Å². The van der Waals surface area contributed by atoms with Gasteiger partial charge in [-0.3, -0.25) is 0 Å². The van der Waals surface area contributed by atoms with E-state index in [4.69, 9.17) is 0 Å². The Morgan fingerprint density at radius 3 is 2.29 bits per heavy atom. The van der Waals surface area contributed by atoms with Gasteiger partial charge in [0.25, 0.3) is 0 Å². The molecule has 0 amide bonds. The summed E-state index contributed by atoms with van der Waals surface area (Å²) in [5, 5.41) is 0. The minimum Gasteiger partial charge on any atom is -0.236 e. The summed E-state index contributed by atoms with van der Waals surface area (Å²) in [6, 6.07) is 8.64. The normalized spacial score (nSPS) is 17.6. The molecule has 2 aromatic rings. The first-order chi connectivity index (χ1) is 11.8. The lowest BCUT2D eigenvalue weighted by Crippen LogP contribution is -2.05. The van der Waals surface area contributed by atoms with E-state index < -0.39 is 0 Å². The van der Waals surface area contributed by atoms with Crippen molar-refractivity contribution in [3.05, 3.63) is 53.9 Å². The number of hydrogen-bond donors (Lipinski definition) is 0. The third kappa shape index (κ3) is 4.11. The van der Waals surface area contributed by atoms with Gasteiger partial charge in [-0.05, 0) is 42.7 Å². The molecule has 0 bridgehead atoms. The molecule has 0 spiro atoms. The zero-order valence-corrected chi connectivity index (χ0v) is 15.0. The van der Waals surface area contributed by atoms with Gasteiger partial charge in [0, 0.05) is 23.5 Å². The quantitative estimate of drug-likeness (QED) is 0.644. The minimum absolute atomic E-state index is 0.821. The molecule has 0 N–H and O–H groups in total. The van der Waals surface area contributed by atoms with Crippen LogP contribution in [0.2, 0.25) is 0 Å². The molecule has 1 aromatic carbocycles. The highest BCUT2D eigenvalue weighted by Gasteiger charge is 2.15. The van der Waals surface area contributed by atoms with E-state index in [1.807, 2.05) is 12.4 Å². The van der Waals surface area contributed by atoms with E-state index in [0.717, 1.165) is 23.7 Å². The van der Waals surface area contributed by atoms with Crippen LogP contribution in [0.4, 0.5) is 0 Å². The smallest absolute Gasteiger partial charge is 0.159 e. The number of hydrogen-bond acceptors (Lipinski definition) is 2. The zero-order chi connectivity index (χ0) is 16.8. The maximum atomic E-state index is 4.60. The predicted octanol–water partition coefficient (Wildman–Crippen LogP) is 6.08. The van der Waals surface area contributed by atoms with Crippen LogP contribution in [0, 0.1) is 5.92 Å². The van der Waals surface area contributed by atoms with Crippen LogP contribution in [-0.4, -0.2) is 9.97 Å². The first-order valence-corrected chi connectivity index (χ1v) is 9.41. The van der Waals surface area contributed by atoms with Crippen LogP contribution in [-0.2, 0) is 6.42 Å². The maximum absolute atomic E-state index is 4.60. The van der Waals surface area contributed by atoms with Gasteiger partial charge < -0.3 is 0 Å². The highest BCUT2D eigenvalue weighted by Crippen LogP contribution is 2.32. The van der Waals surface area contributed by atoms with Crippen molar-refractivity contribution in [1.82, 2.24) is 9.97 Å². The van der Waals surface area contributed by atoms with Crippen LogP contribution in [0.25, 0.3) is 17.0 Å². The Morgan fingerprint density at radius 2 is 1.71 bits per heavy atom. The highest BCUT2D eigenvalue weighted by molar-refractivity contribution is 5.66. The largest absolute Gasteiger partial charge is 0.236 e. The molecule has 1 atom stereocenters. The molecular formula is C22H28N2. The molecule has 1 heterocycles. The molecule has 0 fully saturated rings. The summed E-state index contributed by atoms with van der Waals surface area (Å²) in [6.45, 7) is 4.49. The molecule has 0 saturated carbocycles. The molecular weight excluding hydrogens is 292 g/mol. The van der Waals surface area contributed by atoms with Crippen LogP contribution in [0.5, 0.6) is 0 Å². The summed E-state index contributed by atoms with van der Waals surface area (Å²) >= 11 is 0. The van der Waals surface area contributed by atoms with Gasteiger partial charge in [-0.15, -0.1) is 0 Å². The van der Waals surface area contributed by atoms with Crippen LogP contribution in [0.3, 0.4) is 0 Å². The second kappa shape index (κ2) is 8.23. The third-order valence-corrected chi connectivity index (χ3v) is 4.99. The fraction of sp³-hybridized carbons (Fsp3) is 0.455. The molecule has 0 radical (unpaired) electrons. The summed E-state index contributed by atoms with van der Waals surface area (Å²) in [6.07, 6.45) is 15.0. The zero-order valence-electron chi connectivity index (χ0n) is 15.0. The van der Waals surface area contributed by atoms with E-state index in [-0.39, 0.29) is 0 Å². The molecule has 2 nitrogen and oxygen atoms in total. The van der Waals surface area contributed by atoms with E-state index in [2.05, 4.69) is 54.2 Å². The average Bonchev–Trinajstić information content (AvgIpc) is 2.64. The molecule has 1 unspecified atom stereocenters. The van der Waals surface area contributed by atoms with Gasteiger partial charge in [0.1, 0.15) is 0 Å². The number of nitrogens with zero attached hydrogens (tertiary/aromatic N) is 2. The van der Waals surface area contributed by atoms with Crippen molar-refractivity contribution in [2.75, 3.05) is 0 Å². The van der Waals surface area contributed by atoms with Gasteiger partial charge in [-0.1, -0.05) is 63.5 Å². The van der Waals surface area contributed by atoms with E-state index in [0.29, 0.717) is 0 Å². The molecule has 0 aliphatic heterocycles. The molecule has 1 aliphatic rings. The number of allylic oxidation sites excluding steroid dienone is 2. The fourth-order valence-electron chi connectivity index (χ4n) is 3.57. The lowest BCUT2D eigenvalue weighted by atomic mass is 9.85. The summed E-state index contributed by atoms with van der Waals surface area (Å²) in [5.74, 6) is 1.70. The summed E-state index contributed by atoms with van der Waals surface area (Å²) < 4.78 is 0. The monoisotopic (exact) mass is 320 g/mol. The average molecular weight is 320 g/mol. The minimum atomic E-state index is 0.821. The number of aromatic nitrogens is 2. The van der Waals surface area contributed by atoms with Gasteiger partial charge in [0.2, 0.25) is 0 Å². The molecule has 2 heteroatoms. The van der Waals surface area contributed by atoms with Crippen molar-refractivity contribution in [2.45, 2.75) is 58.8 Å². The van der Waals surface area contributed by atoms with Crippen molar-refractivity contribution in [1.29, 1.82) is 0 Å². The summed E-state index contributed by atoms with van der Waals surface area (Å²) in [4.78, 5) is 9.21. The molecule has 1 aliphatic carbocycles. The SMILES string of the molecule is CCCc1ccc(-c2ncc(C3=CCC(CCC)CC3)cn2)cc1. The lowest BCUT2D eigenvalue weighted by Gasteiger charge is -2.21. The van der Waals surface area contributed by atoms with Crippen LogP contribution in [0.15, 0.2) is 42.7 Å². The predicted molar refractivity (Wildman–Crippen MR) is 102 cm³/mol. The first kappa shape index (κ1) is 16.9. The molecule has 24 heavy (non-hydrogen) atoms. The number of rotatable bonds is 6. The van der Waals surface area contributed by atoms with E-state index in [1.165, 1.54) is 55.2 Å². The summed E-state index contributed by atoms with van der Waals surface area (Å²) in [5.41, 5.74) is 5.09. The summed E-state index contributed by atoms with van der Waals surface area (Å²) in [7, 11) is 0. The van der Waals surface area contributed by atoms with Gasteiger partial charge in [-0.2, -0.15) is 0 Å². The maximum Gasteiger partial charge on any atom is 0.159 e. The first-order valence-electron chi connectivity index (χ1n) is 9.41. The fourth-order valence-corrected chi connectivity index (χ4v) is 3.57. The third-order valence-electron chi connectivity index (χ3n) is 4.99. The van der Waals surface area contributed by atoms with Crippen LogP contribution >= 0.6 is 0 Å². The van der Waals surface area contributed by atoms with Crippen LogP contribution in [0.1, 0.15) is 63.5 Å². The van der Waals surface area contributed by atoms with E-state index in [1.54, 1.807) is 0 Å². The van der Waals surface area contributed by atoms with Gasteiger partial charge >= 0.3 is 0 Å². The Bertz CT molecular complexity index is 668. The van der Waals surface area contributed by atoms with Crippen molar-refractivity contribution in [3.8, 4) is 11.4 Å². The Hall–Kier alpha value is -1.96. The van der Waals surface area contributed by atoms with Crippen molar-refractivity contribution in [2.24, 2.45) is 5.92 Å². The Kier molecular flexibility index (Phi) is 5.79. The van der Waals surface area contributed by atoms with E-state index in [9.17, 15) is 0 Å². The molecule has 1 aromatic heterocycles. The van der Waals surface area contributed by atoms with E-state index >= 15 is 0 Å². The lowest BCUT2D eigenvalue weighted by molar-refractivity contribution is 0.445. The Balaban J connectivity index is 1.69. The second-order valence-electron chi connectivity index (χ2n) is 6.90. The van der Waals surface area contributed by atoms with Gasteiger partial charge in [-0.25, -0.2) is 9.97 Å². The standard InChI is InChI=1S/C22H28N2/c1-3-5-17-7-11-19(12-8-17)21-15-23-22(24-16-21)20-13-9-18(6-4-2)10-14-20/h9-11,13-17H,3-8,12H2,1-2H3. The Morgan fingerprint density at radius 1 is 0.958 bits per heavy atom. The number of aryl methyl sites for hydroxylation is 1. The van der Waals surface area contributed by atoms with Gasteiger partial charge in [0.05, 0.1) is 0 Å². The number of benzene rings is 1. The van der Waals surface area contributed by atoms with Gasteiger partial charge in [0.15, 0.2) is 5.82 Å². The van der Waals surface area contributed by atoms with Crippen LogP contribution < -0.4 is 0 Å². The topological polar surface area (TPSA) is 25.8 Å². The molecule has 3 rings (SSSR count). The Labute approximate surface area is 146 Å². The molecule has 126 valence electrons. The second-order valence-corrected chi connectivity index (χ2v) is 6.90. The van der Waals surface area contributed by atoms with Crippen molar-refractivity contribution < 1.29 is 0 Å². The highest BCUT2D eigenvalue weighted by atomic mass is 14.9.